The highest BCUT2D eigenvalue weighted by molar-refractivity contribution is 9.10. The molecular formula is C10H19BrN4. The van der Waals surface area contributed by atoms with Crippen molar-refractivity contribution >= 4 is 15.9 Å². The van der Waals surface area contributed by atoms with Crippen molar-refractivity contribution in [2.75, 3.05) is 20.6 Å². The van der Waals surface area contributed by atoms with Crippen molar-refractivity contribution in [2.45, 2.75) is 19.4 Å². The van der Waals surface area contributed by atoms with Crippen LogP contribution in [-0.2, 0) is 13.5 Å². The fourth-order valence-electron chi connectivity index (χ4n) is 1.68. The van der Waals surface area contributed by atoms with Gasteiger partial charge in [-0.2, -0.15) is 5.10 Å². The fourth-order valence-corrected chi connectivity index (χ4v) is 2.18. The summed E-state index contributed by atoms with van der Waals surface area (Å²) in [6, 6.07) is 0.145. The summed E-state index contributed by atoms with van der Waals surface area (Å²) in [5.41, 5.74) is 8.24. The Hall–Kier alpha value is -0.390. The van der Waals surface area contributed by atoms with E-state index in [-0.39, 0.29) is 6.04 Å². The molecule has 86 valence electrons. The van der Waals surface area contributed by atoms with Crippen LogP contribution in [0.15, 0.2) is 4.47 Å². The smallest absolute Gasteiger partial charge is 0.0738 e. The van der Waals surface area contributed by atoms with E-state index < -0.39 is 0 Å². The molecule has 4 nitrogen and oxygen atoms in total. The van der Waals surface area contributed by atoms with Crippen LogP contribution in [0.3, 0.4) is 0 Å². The molecule has 5 heteroatoms. The summed E-state index contributed by atoms with van der Waals surface area (Å²) in [5, 5.41) is 4.34. The van der Waals surface area contributed by atoms with E-state index in [2.05, 4.69) is 25.9 Å². The van der Waals surface area contributed by atoms with Gasteiger partial charge >= 0.3 is 0 Å². The summed E-state index contributed by atoms with van der Waals surface area (Å²) in [7, 11) is 6.02. The van der Waals surface area contributed by atoms with Gasteiger partial charge in [-0.1, -0.05) is 0 Å². The Morgan fingerprint density at radius 2 is 2.13 bits per heavy atom. The van der Waals surface area contributed by atoms with Gasteiger partial charge in [0, 0.05) is 26.1 Å². The van der Waals surface area contributed by atoms with Gasteiger partial charge in [0.1, 0.15) is 0 Å². The quantitative estimate of drug-likeness (QED) is 0.889. The molecule has 0 aliphatic carbocycles. The van der Waals surface area contributed by atoms with Crippen molar-refractivity contribution in [1.82, 2.24) is 14.7 Å². The van der Waals surface area contributed by atoms with E-state index in [0.717, 1.165) is 23.1 Å². The number of rotatable bonds is 4. The second-order valence-corrected chi connectivity index (χ2v) is 4.99. The van der Waals surface area contributed by atoms with Crippen LogP contribution in [0.4, 0.5) is 0 Å². The van der Waals surface area contributed by atoms with Crippen LogP contribution >= 0.6 is 15.9 Å². The van der Waals surface area contributed by atoms with Gasteiger partial charge in [-0.15, -0.1) is 0 Å². The van der Waals surface area contributed by atoms with Crippen LogP contribution in [0.2, 0.25) is 0 Å². The van der Waals surface area contributed by atoms with Gasteiger partial charge in [0.2, 0.25) is 0 Å². The summed E-state index contributed by atoms with van der Waals surface area (Å²) in [6.07, 6.45) is 0.843. The molecule has 0 bridgehead atoms. The molecule has 0 saturated heterocycles. The molecule has 1 heterocycles. The lowest BCUT2D eigenvalue weighted by Gasteiger charge is -2.17. The Kier molecular flexibility index (Phi) is 4.31. The zero-order chi connectivity index (χ0) is 11.6. The Labute approximate surface area is 99.6 Å². The van der Waals surface area contributed by atoms with E-state index in [4.69, 9.17) is 5.73 Å². The highest BCUT2D eigenvalue weighted by Crippen LogP contribution is 2.21. The van der Waals surface area contributed by atoms with Crippen LogP contribution < -0.4 is 5.73 Å². The Morgan fingerprint density at radius 1 is 1.53 bits per heavy atom. The minimum absolute atomic E-state index is 0.145. The van der Waals surface area contributed by atoms with Crippen molar-refractivity contribution in [3.8, 4) is 0 Å². The van der Waals surface area contributed by atoms with Crippen LogP contribution in [0.25, 0.3) is 0 Å². The molecule has 1 unspecified atom stereocenters. The van der Waals surface area contributed by atoms with Crippen LogP contribution in [-0.4, -0.2) is 41.4 Å². The minimum Gasteiger partial charge on any atom is -0.326 e. The number of halogens is 1. The van der Waals surface area contributed by atoms with Crippen molar-refractivity contribution in [3.63, 3.8) is 0 Å². The largest absolute Gasteiger partial charge is 0.326 e. The topological polar surface area (TPSA) is 47.1 Å². The number of aryl methyl sites for hydroxylation is 2. The summed E-state index contributed by atoms with van der Waals surface area (Å²) in [5.74, 6) is 0. The van der Waals surface area contributed by atoms with Gasteiger partial charge < -0.3 is 10.6 Å². The molecule has 0 aromatic carbocycles. The zero-order valence-corrected chi connectivity index (χ0v) is 11.4. The second kappa shape index (κ2) is 5.09. The first-order chi connectivity index (χ1) is 6.91. The van der Waals surface area contributed by atoms with E-state index in [0.29, 0.717) is 0 Å². The SMILES string of the molecule is Cc1nn(C)c(CC(N)CN(C)C)c1Br. The Morgan fingerprint density at radius 3 is 2.53 bits per heavy atom. The second-order valence-electron chi connectivity index (χ2n) is 4.20. The molecule has 15 heavy (non-hydrogen) atoms. The molecular weight excluding hydrogens is 256 g/mol. The molecule has 2 N–H and O–H groups in total. The highest BCUT2D eigenvalue weighted by atomic mass is 79.9. The van der Waals surface area contributed by atoms with Crippen LogP contribution in [0, 0.1) is 6.92 Å². The molecule has 1 aromatic rings. The van der Waals surface area contributed by atoms with Crippen LogP contribution in [0.5, 0.6) is 0 Å². The van der Waals surface area contributed by atoms with Gasteiger partial charge in [0.05, 0.1) is 15.9 Å². The first-order valence-electron chi connectivity index (χ1n) is 5.00. The maximum atomic E-state index is 6.05. The normalized spacial score (nSPS) is 13.5. The molecule has 0 amide bonds. The van der Waals surface area contributed by atoms with Gasteiger partial charge in [-0.05, 0) is 36.9 Å². The first kappa shape index (κ1) is 12.7. The molecule has 0 spiro atoms. The third kappa shape index (κ3) is 3.29. The number of nitrogens with two attached hydrogens (primary N) is 1. The predicted octanol–water partition coefficient (Wildman–Crippen LogP) is 0.922. The Bertz CT molecular complexity index is 332. The average molecular weight is 275 g/mol. The van der Waals surface area contributed by atoms with Gasteiger partial charge in [-0.25, -0.2) is 0 Å². The van der Waals surface area contributed by atoms with Crippen molar-refractivity contribution < 1.29 is 0 Å². The van der Waals surface area contributed by atoms with E-state index >= 15 is 0 Å². The standard InChI is InChI=1S/C10H19BrN4/c1-7-10(11)9(15(4)13-7)5-8(12)6-14(2)3/h8H,5-6,12H2,1-4H3. The molecule has 0 saturated carbocycles. The lowest BCUT2D eigenvalue weighted by atomic mass is 10.1. The maximum Gasteiger partial charge on any atom is 0.0738 e. The number of nitrogens with zero attached hydrogens (tertiary/aromatic N) is 3. The highest BCUT2D eigenvalue weighted by Gasteiger charge is 2.14. The van der Waals surface area contributed by atoms with Crippen molar-refractivity contribution in [1.29, 1.82) is 0 Å². The molecule has 0 aliphatic heterocycles. The Balaban J connectivity index is 2.71. The summed E-state index contributed by atoms with van der Waals surface area (Å²) in [6.45, 7) is 2.88. The van der Waals surface area contributed by atoms with Crippen molar-refractivity contribution in [3.05, 3.63) is 15.9 Å². The van der Waals surface area contributed by atoms with E-state index in [1.54, 1.807) is 0 Å². The number of hydrogen-bond acceptors (Lipinski definition) is 3. The molecule has 1 rings (SSSR count). The van der Waals surface area contributed by atoms with E-state index in [1.807, 2.05) is 32.7 Å². The summed E-state index contributed by atoms with van der Waals surface area (Å²) < 4.78 is 2.98. The third-order valence-corrected chi connectivity index (χ3v) is 3.35. The third-order valence-electron chi connectivity index (χ3n) is 2.32. The molecule has 1 aromatic heterocycles. The summed E-state index contributed by atoms with van der Waals surface area (Å²) in [4.78, 5) is 2.10. The van der Waals surface area contributed by atoms with Gasteiger partial charge in [0.25, 0.3) is 0 Å². The fraction of sp³-hybridized carbons (Fsp3) is 0.700. The molecule has 1 atom stereocenters. The summed E-state index contributed by atoms with van der Waals surface area (Å²) >= 11 is 3.54. The average Bonchev–Trinajstić information content (AvgIpc) is 2.31. The molecule has 0 fully saturated rings. The van der Waals surface area contributed by atoms with Gasteiger partial charge in [0.15, 0.2) is 0 Å². The van der Waals surface area contributed by atoms with E-state index in [9.17, 15) is 0 Å². The first-order valence-corrected chi connectivity index (χ1v) is 5.79. The number of hydrogen-bond donors (Lipinski definition) is 1. The maximum absolute atomic E-state index is 6.05. The lowest BCUT2D eigenvalue weighted by molar-refractivity contribution is 0.368. The molecule has 0 radical (unpaired) electrons. The minimum atomic E-state index is 0.145. The predicted molar refractivity (Wildman–Crippen MR) is 65.9 cm³/mol. The monoisotopic (exact) mass is 274 g/mol. The van der Waals surface area contributed by atoms with E-state index in [1.165, 1.54) is 5.69 Å². The number of aromatic nitrogens is 2. The van der Waals surface area contributed by atoms with Crippen LogP contribution in [0.1, 0.15) is 11.4 Å². The zero-order valence-electron chi connectivity index (χ0n) is 9.79. The lowest BCUT2D eigenvalue weighted by Crippen LogP contribution is -2.35. The van der Waals surface area contributed by atoms with Crippen molar-refractivity contribution in [2.24, 2.45) is 12.8 Å². The van der Waals surface area contributed by atoms with Gasteiger partial charge in [-0.3, -0.25) is 4.68 Å². The number of likely N-dealkylation sites (N-methyl/N-ethyl adjacent to an activating group) is 1. The molecule has 0 aliphatic rings.